The Bertz CT molecular complexity index is 1310. The zero-order valence-corrected chi connectivity index (χ0v) is 21.3. The molecule has 0 atom stereocenters. The van der Waals surface area contributed by atoms with Gasteiger partial charge in [-0.2, -0.15) is 0 Å². The van der Waals surface area contributed by atoms with Gasteiger partial charge in [-0.1, -0.05) is 19.3 Å². The molecule has 0 bridgehead atoms. The molecule has 9 heteroatoms. The smallest absolute Gasteiger partial charge is 0.419 e. The van der Waals surface area contributed by atoms with Crippen LogP contribution in [0.5, 0.6) is 11.5 Å². The van der Waals surface area contributed by atoms with E-state index in [9.17, 15) is 4.79 Å². The predicted molar refractivity (Wildman–Crippen MR) is 141 cm³/mol. The van der Waals surface area contributed by atoms with Crippen molar-refractivity contribution in [3.8, 4) is 33.5 Å². The van der Waals surface area contributed by atoms with Gasteiger partial charge in [-0.3, -0.25) is 5.32 Å². The Morgan fingerprint density at radius 1 is 1.14 bits per heavy atom. The van der Waals surface area contributed by atoms with Gasteiger partial charge >= 0.3 is 6.09 Å². The molecule has 1 fully saturated rings. The van der Waals surface area contributed by atoms with Crippen molar-refractivity contribution in [2.75, 3.05) is 12.4 Å². The Balaban J connectivity index is 1.43. The first-order valence-corrected chi connectivity index (χ1v) is 13.0. The highest BCUT2D eigenvalue weighted by molar-refractivity contribution is 7.13. The van der Waals surface area contributed by atoms with Crippen LogP contribution in [-0.2, 0) is 6.54 Å². The molecule has 1 saturated carbocycles. The average molecular weight is 504 g/mol. The lowest BCUT2D eigenvalue weighted by Crippen LogP contribution is -2.19. The molecule has 0 radical (unpaired) electrons. The van der Waals surface area contributed by atoms with Crippen molar-refractivity contribution < 1.29 is 14.3 Å². The van der Waals surface area contributed by atoms with Crippen LogP contribution in [0, 0.1) is 12.8 Å². The Hall–Kier alpha value is -3.72. The molecule has 0 saturated heterocycles. The molecular formula is C27H29N5O3S. The number of aromatic nitrogens is 4. The highest BCUT2D eigenvalue weighted by Gasteiger charge is 2.23. The fourth-order valence-electron chi connectivity index (χ4n) is 4.64. The SMILES string of the molecule is COc1ccc(-c2nc(-c3cc(OC(=O)Nc4ncccn4)c(C)n3CC3CCCCC3)cs2)cc1. The number of hydrogen-bond donors (Lipinski definition) is 1. The number of hydrogen-bond acceptors (Lipinski definition) is 7. The zero-order valence-electron chi connectivity index (χ0n) is 20.4. The van der Waals surface area contributed by atoms with E-state index in [1.54, 1.807) is 36.9 Å². The van der Waals surface area contributed by atoms with Gasteiger partial charge in [-0.15, -0.1) is 11.3 Å². The standard InChI is InChI=1S/C27H29N5O3S/c1-18-24(35-27(33)31-26-28-13-6-14-29-26)15-23(32(18)16-19-7-4-3-5-8-19)22-17-36-25(30-22)20-9-11-21(34-2)12-10-20/h6,9-15,17,19H,3-5,7-8,16H2,1-2H3,(H,28,29,31,33). The summed E-state index contributed by atoms with van der Waals surface area (Å²) in [5.41, 5.74) is 3.76. The highest BCUT2D eigenvalue weighted by Crippen LogP contribution is 2.36. The molecule has 1 N–H and O–H groups in total. The fourth-order valence-corrected chi connectivity index (χ4v) is 5.46. The molecule has 8 nitrogen and oxygen atoms in total. The molecule has 1 aromatic carbocycles. The van der Waals surface area contributed by atoms with Gasteiger partial charge in [0.15, 0.2) is 5.75 Å². The molecule has 1 amide bonds. The minimum absolute atomic E-state index is 0.200. The third kappa shape index (κ3) is 5.41. The molecule has 3 heterocycles. The summed E-state index contributed by atoms with van der Waals surface area (Å²) < 4.78 is 13.2. The molecular weight excluding hydrogens is 474 g/mol. The molecule has 1 aliphatic rings. The first-order valence-electron chi connectivity index (χ1n) is 12.2. The number of nitrogens with one attached hydrogen (secondary N) is 1. The van der Waals surface area contributed by atoms with Crippen molar-refractivity contribution >= 4 is 23.4 Å². The molecule has 4 aromatic rings. The van der Waals surface area contributed by atoms with Crippen LogP contribution in [0.2, 0.25) is 0 Å². The van der Waals surface area contributed by atoms with E-state index >= 15 is 0 Å². The summed E-state index contributed by atoms with van der Waals surface area (Å²) in [4.78, 5) is 25.6. The molecule has 186 valence electrons. The molecule has 3 aromatic heterocycles. The van der Waals surface area contributed by atoms with Crippen molar-refractivity contribution in [1.29, 1.82) is 0 Å². The number of carbonyl (C=O) groups is 1. The second-order valence-corrected chi connectivity index (χ2v) is 9.81. The molecule has 0 spiro atoms. The lowest BCUT2D eigenvalue weighted by molar-refractivity contribution is 0.214. The number of amides is 1. The number of nitrogens with zero attached hydrogens (tertiary/aromatic N) is 4. The highest BCUT2D eigenvalue weighted by atomic mass is 32.1. The number of benzene rings is 1. The van der Waals surface area contributed by atoms with E-state index in [-0.39, 0.29) is 5.95 Å². The van der Waals surface area contributed by atoms with Crippen LogP contribution < -0.4 is 14.8 Å². The number of methoxy groups -OCH3 is 1. The van der Waals surface area contributed by atoms with Crippen molar-refractivity contribution in [3.63, 3.8) is 0 Å². The maximum Gasteiger partial charge on any atom is 0.419 e. The van der Waals surface area contributed by atoms with E-state index in [0.717, 1.165) is 39.9 Å². The molecule has 0 unspecified atom stereocenters. The third-order valence-electron chi connectivity index (χ3n) is 6.57. The normalized spacial score (nSPS) is 13.9. The van der Waals surface area contributed by atoms with E-state index in [1.807, 2.05) is 37.3 Å². The predicted octanol–water partition coefficient (Wildman–Crippen LogP) is 6.58. The van der Waals surface area contributed by atoms with Crippen molar-refractivity contribution in [3.05, 3.63) is 59.9 Å². The van der Waals surface area contributed by atoms with Crippen LogP contribution in [0.15, 0.2) is 54.2 Å². The summed E-state index contributed by atoms with van der Waals surface area (Å²) in [5, 5.41) is 5.58. The third-order valence-corrected chi connectivity index (χ3v) is 7.46. The van der Waals surface area contributed by atoms with Gasteiger partial charge in [-0.05, 0) is 56.0 Å². The van der Waals surface area contributed by atoms with Gasteiger partial charge < -0.3 is 14.0 Å². The van der Waals surface area contributed by atoms with Crippen LogP contribution in [-0.4, -0.2) is 32.7 Å². The van der Waals surface area contributed by atoms with Crippen molar-refractivity contribution in [2.24, 2.45) is 5.92 Å². The second-order valence-electron chi connectivity index (χ2n) is 8.95. The fraction of sp³-hybridized carbons (Fsp3) is 0.333. The average Bonchev–Trinajstić information content (AvgIpc) is 3.51. The summed E-state index contributed by atoms with van der Waals surface area (Å²) >= 11 is 1.59. The Morgan fingerprint density at radius 3 is 2.61 bits per heavy atom. The Morgan fingerprint density at radius 2 is 1.89 bits per heavy atom. The Kier molecular flexibility index (Phi) is 7.27. The first-order chi connectivity index (χ1) is 17.6. The van der Waals surface area contributed by atoms with E-state index < -0.39 is 6.09 Å². The van der Waals surface area contributed by atoms with Gasteiger partial charge in [0.1, 0.15) is 10.8 Å². The summed E-state index contributed by atoms with van der Waals surface area (Å²) in [6.07, 6.45) is 8.78. The first kappa shape index (κ1) is 24.0. The quantitative estimate of drug-likeness (QED) is 0.306. The van der Waals surface area contributed by atoms with Crippen LogP contribution in [0.25, 0.3) is 22.0 Å². The lowest BCUT2D eigenvalue weighted by Gasteiger charge is -2.24. The van der Waals surface area contributed by atoms with Crippen LogP contribution in [0.1, 0.15) is 37.8 Å². The van der Waals surface area contributed by atoms with Crippen molar-refractivity contribution in [2.45, 2.75) is 45.6 Å². The monoisotopic (exact) mass is 503 g/mol. The maximum atomic E-state index is 12.6. The van der Waals surface area contributed by atoms with E-state index in [1.165, 1.54) is 32.1 Å². The minimum Gasteiger partial charge on any atom is -0.497 e. The summed E-state index contributed by atoms with van der Waals surface area (Å²) in [7, 11) is 1.66. The molecule has 1 aliphatic carbocycles. The van der Waals surface area contributed by atoms with Gasteiger partial charge in [-0.25, -0.2) is 19.7 Å². The van der Waals surface area contributed by atoms with Crippen molar-refractivity contribution in [1.82, 2.24) is 19.5 Å². The summed E-state index contributed by atoms with van der Waals surface area (Å²) in [6.45, 7) is 2.87. The maximum absolute atomic E-state index is 12.6. The second kappa shape index (κ2) is 10.9. The number of thiazole rings is 1. The van der Waals surface area contributed by atoms with E-state index in [2.05, 4.69) is 25.2 Å². The van der Waals surface area contributed by atoms with Gasteiger partial charge in [0.05, 0.1) is 24.2 Å². The zero-order chi connectivity index (χ0) is 24.9. The van der Waals surface area contributed by atoms with Crippen LogP contribution in [0.3, 0.4) is 0 Å². The topological polar surface area (TPSA) is 91.2 Å². The largest absolute Gasteiger partial charge is 0.497 e. The summed E-state index contributed by atoms with van der Waals surface area (Å²) in [5.74, 6) is 2.12. The van der Waals surface area contributed by atoms with Gasteiger partial charge in [0, 0.05) is 35.9 Å². The van der Waals surface area contributed by atoms with Crippen LogP contribution in [0.4, 0.5) is 10.7 Å². The van der Waals surface area contributed by atoms with Gasteiger partial charge in [0.25, 0.3) is 0 Å². The van der Waals surface area contributed by atoms with E-state index in [4.69, 9.17) is 14.5 Å². The molecule has 36 heavy (non-hydrogen) atoms. The summed E-state index contributed by atoms with van der Waals surface area (Å²) in [6, 6.07) is 11.5. The number of carbonyl (C=O) groups excluding carboxylic acids is 1. The minimum atomic E-state index is -0.622. The molecule has 5 rings (SSSR count). The Labute approximate surface area is 214 Å². The van der Waals surface area contributed by atoms with E-state index in [0.29, 0.717) is 11.7 Å². The number of rotatable bonds is 7. The number of anilines is 1. The van der Waals surface area contributed by atoms with Crippen LogP contribution >= 0.6 is 11.3 Å². The van der Waals surface area contributed by atoms with Gasteiger partial charge in [0.2, 0.25) is 5.95 Å². The lowest BCUT2D eigenvalue weighted by atomic mass is 9.89. The number of ether oxygens (including phenoxy) is 2. The molecule has 0 aliphatic heterocycles.